The van der Waals surface area contributed by atoms with Crippen LogP contribution >= 0.6 is 0 Å². The zero-order valence-electron chi connectivity index (χ0n) is 9.28. The van der Waals surface area contributed by atoms with Gasteiger partial charge < -0.3 is 14.9 Å². The number of rotatable bonds is 4. The number of aliphatic hydroxyl groups excluding tert-OH is 1. The van der Waals surface area contributed by atoms with Crippen LogP contribution < -0.4 is 4.74 Å². The van der Waals surface area contributed by atoms with E-state index >= 15 is 0 Å². The Bertz CT molecular complexity index is 554. The van der Waals surface area contributed by atoms with E-state index in [0.717, 1.165) is 0 Å². The minimum Gasteiger partial charge on any atom is -0.476 e. The van der Waals surface area contributed by atoms with E-state index in [1.807, 2.05) is 0 Å². The molecule has 1 aromatic carbocycles. The van der Waals surface area contributed by atoms with Gasteiger partial charge in [-0.15, -0.1) is 10.2 Å². The summed E-state index contributed by atoms with van der Waals surface area (Å²) >= 11 is 0. The highest BCUT2D eigenvalue weighted by molar-refractivity contribution is 5.84. The predicted octanol–water partition coefficient (Wildman–Crippen LogP) is 1.46. The van der Waals surface area contributed by atoms with Crippen molar-refractivity contribution in [3.05, 3.63) is 47.7 Å². The molecule has 0 radical (unpaired) electrons. The average Bonchev–Trinajstić information content (AvgIpc) is 2.39. The fraction of sp³-hybridized carbons (Fsp3) is 0.0833. The molecule has 0 aliphatic heterocycles. The summed E-state index contributed by atoms with van der Waals surface area (Å²) in [6.45, 7) is -0.0825. The first-order valence-corrected chi connectivity index (χ1v) is 5.14. The van der Waals surface area contributed by atoms with Crippen LogP contribution in [0.1, 0.15) is 16.1 Å². The lowest BCUT2D eigenvalue weighted by atomic mass is 10.2. The molecule has 0 aliphatic carbocycles. The number of benzene rings is 1. The number of hydrogen-bond acceptors (Lipinski definition) is 5. The van der Waals surface area contributed by atoms with Crippen LogP contribution in [0.15, 0.2) is 36.4 Å². The molecule has 0 bridgehead atoms. The summed E-state index contributed by atoms with van der Waals surface area (Å²) in [5.74, 6) is -0.453. The summed E-state index contributed by atoms with van der Waals surface area (Å²) in [5, 5.41) is 24.8. The molecule has 18 heavy (non-hydrogen) atoms. The average molecular weight is 246 g/mol. The number of aromatic carboxylic acids is 1. The third-order valence-electron chi connectivity index (χ3n) is 2.16. The minimum atomic E-state index is -1.14. The molecule has 2 N–H and O–H groups in total. The van der Waals surface area contributed by atoms with Gasteiger partial charge in [-0.25, -0.2) is 4.79 Å². The van der Waals surface area contributed by atoms with Crippen LogP contribution in [-0.2, 0) is 6.61 Å². The van der Waals surface area contributed by atoms with Gasteiger partial charge in [-0.05, 0) is 23.8 Å². The van der Waals surface area contributed by atoms with Crippen molar-refractivity contribution in [2.45, 2.75) is 6.61 Å². The second-order valence-corrected chi connectivity index (χ2v) is 3.47. The van der Waals surface area contributed by atoms with Crippen LogP contribution in [0.2, 0.25) is 0 Å². The second kappa shape index (κ2) is 5.24. The van der Waals surface area contributed by atoms with E-state index in [2.05, 4.69) is 10.2 Å². The van der Waals surface area contributed by atoms with Gasteiger partial charge in [-0.3, -0.25) is 0 Å². The lowest BCUT2D eigenvalue weighted by Crippen LogP contribution is -2.02. The molecule has 0 aliphatic rings. The number of aromatic nitrogens is 2. The first-order valence-electron chi connectivity index (χ1n) is 5.14. The van der Waals surface area contributed by atoms with Gasteiger partial charge in [0.15, 0.2) is 5.69 Å². The van der Waals surface area contributed by atoms with Crippen LogP contribution in [0.25, 0.3) is 0 Å². The van der Waals surface area contributed by atoms with Gasteiger partial charge in [0.2, 0.25) is 5.88 Å². The van der Waals surface area contributed by atoms with Crippen LogP contribution in [-0.4, -0.2) is 26.4 Å². The highest BCUT2D eigenvalue weighted by atomic mass is 16.5. The first kappa shape index (κ1) is 12.0. The maximum atomic E-state index is 10.6. The largest absolute Gasteiger partial charge is 0.476 e. The van der Waals surface area contributed by atoms with Crippen molar-refractivity contribution >= 4 is 5.97 Å². The summed E-state index contributed by atoms with van der Waals surface area (Å²) < 4.78 is 5.38. The molecule has 6 heteroatoms. The number of aliphatic hydroxyl groups is 1. The van der Waals surface area contributed by atoms with Crippen molar-refractivity contribution in [2.24, 2.45) is 0 Å². The van der Waals surface area contributed by atoms with Crippen LogP contribution in [0.4, 0.5) is 0 Å². The summed E-state index contributed by atoms with van der Waals surface area (Å²) in [4.78, 5) is 10.6. The van der Waals surface area contributed by atoms with E-state index < -0.39 is 5.97 Å². The molecule has 92 valence electrons. The quantitative estimate of drug-likeness (QED) is 0.848. The predicted molar refractivity (Wildman–Crippen MR) is 61.4 cm³/mol. The molecule has 2 rings (SSSR count). The number of carboxylic acid groups (broad SMARTS) is 1. The lowest BCUT2D eigenvalue weighted by molar-refractivity contribution is 0.0689. The molecule has 1 heterocycles. The first-order chi connectivity index (χ1) is 8.69. The van der Waals surface area contributed by atoms with Crippen molar-refractivity contribution in [1.82, 2.24) is 10.2 Å². The Hall–Kier alpha value is -2.47. The molecular weight excluding hydrogens is 236 g/mol. The van der Waals surface area contributed by atoms with Gasteiger partial charge in [0.25, 0.3) is 0 Å². The molecule has 0 saturated carbocycles. The molecule has 0 unspecified atom stereocenters. The van der Waals surface area contributed by atoms with E-state index in [0.29, 0.717) is 11.3 Å². The number of nitrogens with zero attached hydrogens (tertiary/aromatic N) is 2. The van der Waals surface area contributed by atoms with Gasteiger partial charge >= 0.3 is 5.97 Å². The zero-order chi connectivity index (χ0) is 13.0. The maximum Gasteiger partial charge on any atom is 0.356 e. The Morgan fingerprint density at radius 1 is 1.22 bits per heavy atom. The molecule has 1 aromatic heterocycles. The molecule has 0 amide bonds. The van der Waals surface area contributed by atoms with E-state index in [-0.39, 0.29) is 18.2 Å². The van der Waals surface area contributed by atoms with Crippen LogP contribution in [0.3, 0.4) is 0 Å². The molecule has 0 atom stereocenters. The molecule has 0 saturated heterocycles. The van der Waals surface area contributed by atoms with Gasteiger partial charge in [-0.1, -0.05) is 12.1 Å². The number of carboxylic acids is 1. The highest BCUT2D eigenvalue weighted by Crippen LogP contribution is 2.19. The van der Waals surface area contributed by atoms with Gasteiger partial charge in [0.05, 0.1) is 6.61 Å². The van der Waals surface area contributed by atoms with E-state index in [1.165, 1.54) is 12.1 Å². The molecular formula is C12H10N2O4. The highest BCUT2D eigenvalue weighted by Gasteiger charge is 2.06. The van der Waals surface area contributed by atoms with Gasteiger partial charge in [0.1, 0.15) is 5.75 Å². The molecule has 0 spiro atoms. The molecule has 0 fully saturated rings. The van der Waals surface area contributed by atoms with Gasteiger partial charge in [0, 0.05) is 6.07 Å². The van der Waals surface area contributed by atoms with Crippen molar-refractivity contribution in [2.75, 3.05) is 0 Å². The fourth-order valence-corrected chi connectivity index (χ4v) is 1.32. The topological polar surface area (TPSA) is 92.5 Å². The summed E-state index contributed by atoms with van der Waals surface area (Å²) in [6.07, 6.45) is 0. The number of ether oxygens (including phenoxy) is 1. The summed E-state index contributed by atoms with van der Waals surface area (Å²) in [5.41, 5.74) is 0.564. The minimum absolute atomic E-state index is 0.0825. The number of hydrogen-bond donors (Lipinski definition) is 2. The van der Waals surface area contributed by atoms with Gasteiger partial charge in [-0.2, -0.15) is 0 Å². The third-order valence-corrected chi connectivity index (χ3v) is 2.16. The SMILES string of the molecule is O=C(O)c1ccc(Oc2cccc(CO)c2)nn1. The lowest BCUT2D eigenvalue weighted by Gasteiger charge is -2.05. The smallest absolute Gasteiger partial charge is 0.356 e. The van der Waals surface area contributed by atoms with Crippen molar-refractivity contribution < 1.29 is 19.7 Å². The molecule has 2 aromatic rings. The Labute approximate surface area is 102 Å². The fourth-order valence-electron chi connectivity index (χ4n) is 1.32. The van der Waals surface area contributed by atoms with Crippen molar-refractivity contribution in [1.29, 1.82) is 0 Å². The normalized spacial score (nSPS) is 10.1. The van der Waals surface area contributed by atoms with Crippen LogP contribution in [0.5, 0.6) is 11.6 Å². The standard InChI is InChI=1S/C12H10N2O4/c15-7-8-2-1-3-9(6-8)18-11-5-4-10(12(16)17)13-14-11/h1-6,15H,7H2,(H,16,17). The maximum absolute atomic E-state index is 10.6. The Morgan fingerprint density at radius 2 is 2.06 bits per heavy atom. The van der Waals surface area contributed by atoms with Crippen molar-refractivity contribution in [3.63, 3.8) is 0 Å². The third kappa shape index (κ3) is 2.80. The Morgan fingerprint density at radius 3 is 2.67 bits per heavy atom. The number of carbonyl (C=O) groups is 1. The molecule has 6 nitrogen and oxygen atoms in total. The van der Waals surface area contributed by atoms with E-state index in [9.17, 15) is 4.79 Å². The summed E-state index contributed by atoms with van der Waals surface area (Å²) in [7, 11) is 0. The zero-order valence-corrected chi connectivity index (χ0v) is 9.28. The van der Waals surface area contributed by atoms with Crippen molar-refractivity contribution in [3.8, 4) is 11.6 Å². The van der Waals surface area contributed by atoms with E-state index in [4.69, 9.17) is 14.9 Å². The Balaban J connectivity index is 2.15. The Kier molecular flexibility index (Phi) is 3.49. The van der Waals surface area contributed by atoms with E-state index in [1.54, 1.807) is 24.3 Å². The van der Waals surface area contributed by atoms with Crippen LogP contribution in [0, 0.1) is 0 Å². The second-order valence-electron chi connectivity index (χ2n) is 3.47. The monoisotopic (exact) mass is 246 g/mol. The summed E-state index contributed by atoms with van der Waals surface area (Å²) in [6, 6.07) is 9.58.